The van der Waals surface area contributed by atoms with Crippen LogP contribution in [0.3, 0.4) is 0 Å². The number of hydrogen-bond acceptors (Lipinski definition) is 5. The molecule has 27 heavy (non-hydrogen) atoms. The Morgan fingerprint density at radius 2 is 2.00 bits per heavy atom. The minimum absolute atomic E-state index is 0.00891. The van der Waals surface area contributed by atoms with Crippen LogP contribution in [0.4, 0.5) is 0 Å². The van der Waals surface area contributed by atoms with Gasteiger partial charge < -0.3 is 15.0 Å². The molecule has 1 aromatic heterocycles. The zero-order valence-electron chi connectivity index (χ0n) is 15.6. The van der Waals surface area contributed by atoms with Crippen LogP contribution in [0, 0.1) is 6.92 Å². The summed E-state index contributed by atoms with van der Waals surface area (Å²) in [7, 11) is 0. The van der Waals surface area contributed by atoms with Gasteiger partial charge in [0.15, 0.2) is 5.82 Å². The van der Waals surface area contributed by atoms with Crippen molar-refractivity contribution in [3.63, 3.8) is 0 Å². The monoisotopic (exact) mass is 368 g/mol. The van der Waals surface area contributed by atoms with Gasteiger partial charge in [-0.15, -0.1) is 0 Å². The van der Waals surface area contributed by atoms with Crippen LogP contribution in [0.15, 0.2) is 36.4 Å². The van der Waals surface area contributed by atoms with Crippen molar-refractivity contribution in [2.24, 2.45) is 0 Å². The average Bonchev–Trinajstić information content (AvgIpc) is 2.66. The molecule has 0 aliphatic carbocycles. The topological polar surface area (TPSA) is 84.4 Å². The number of nitrogens with zero attached hydrogens (tertiary/aromatic N) is 3. The Morgan fingerprint density at radius 3 is 2.74 bits per heavy atom. The smallest absolute Gasteiger partial charge is 0.242 e. The van der Waals surface area contributed by atoms with Crippen molar-refractivity contribution in [1.29, 1.82) is 0 Å². The highest BCUT2D eigenvalue weighted by molar-refractivity contribution is 5.84. The summed E-state index contributed by atoms with van der Waals surface area (Å²) in [4.78, 5) is 34.6. The minimum atomic E-state index is -0.220. The summed E-state index contributed by atoms with van der Waals surface area (Å²) in [5, 5.41) is 2.57. The maximum absolute atomic E-state index is 12.6. The van der Waals surface area contributed by atoms with E-state index in [2.05, 4.69) is 15.3 Å². The van der Waals surface area contributed by atoms with E-state index in [1.54, 1.807) is 11.0 Å². The van der Waals surface area contributed by atoms with Crippen molar-refractivity contribution >= 4 is 11.8 Å². The second-order valence-electron chi connectivity index (χ2n) is 6.63. The number of piperidine rings is 1. The third kappa shape index (κ3) is 5.03. The molecular weight excluding hydrogens is 344 g/mol. The number of amides is 2. The van der Waals surface area contributed by atoms with E-state index in [1.165, 1.54) is 6.92 Å². The lowest BCUT2D eigenvalue weighted by atomic mass is 10.0. The number of carbonyl (C=O) groups excluding carboxylic acids is 2. The highest BCUT2D eigenvalue weighted by Gasteiger charge is 2.30. The van der Waals surface area contributed by atoms with Crippen molar-refractivity contribution in [2.45, 2.75) is 39.2 Å². The van der Waals surface area contributed by atoms with Crippen LogP contribution >= 0.6 is 0 Å². The van der Waals surface area contributed by atoms with E-state index < -0.39 is 0 Å². The Bertz CT molecular complexity index is 810. The standard InChI is InChI=1S/C20H24N4O3/c1-14-12-18(27-16-8-4-3-5-9-16)23-20(22-14)17-10-6-7-11-24(17)19(26)13-21-15(2)25/h3-5,8-9,12,17H,6-7,10-11,13H2,1-2H3,(H,21,25). The van der Waals surface area contributed by atoms with E-state index in [4.69, 9.17) is 4.74 Å². The van der Waals surface area contributed by atoms with Gasteiger partial charge in [0.2, 0.25) is 17.7 Å². The van der Waals surface area contributed by atoms with E-state index >= 15 is 0 Å². The molecule has 0 bridgehead atoms. The van der Waals surface area contributed by atoms with Gasteiger partial charge in [0, 0.05) is 25.2 Å². The van der Waals surface area contributed by atoms with Crippen LogP contribution < -0.4 is 10.1 Å². The van der Waals surface area contributed by atoms with E-state index in [1.807, 2.05) is 37.3 Å². The lowest BCUT2D eigenvalue weighted by Crippen LogP contribution is -2.44. The molecule has 0 radical (unpaired) electrons. The number of likely N-dealkylation sites (tertiary alicyclic amines) is 1. The van der Waals surface area contributed by atoms with Gasteiger partial charge in [0.25, 0.3) is 0 Å². The fourth-order valence-corrected chi connectivity index (χ4v) is 3.17. The summed E-state index contributed by atoms with van der Waals surface area (Å²) >= 11 is 0. The Morgan fingerprint density at radius 1 is 1.22 bits per heavy atom. The Hall–Kier alpha value is -2.96. The Labute approximate surface area is 158 Å². The Kier molecular flexibility index (Phi) is 6.01. The van der Waals surface area contributed by atoms with Gasteiger partial charge in [0.1, 0.15) is 5.75 Å². The predicted octanol–water partition coefficient (Wildman–Crippen LogP) is 2.77. The van der Waals surface area contributed by atoms with Crippen molar-refractivity contribution in [3.05, 3.63) is 47.9 Å². The second kappa shape index (κ2) is 8.62. The van der Waals surface area contributed by atoms with E-state index in [9.17, 15) is 9.59 Å². The molecular formula is C20H24N4O3. The molecule has 1 unspecified atom stereocenters. The number of benzene rings is 1. The number of nitrogens with one attached hydrogen (secondary N) is 1. The second-order valence-corrected chi connectivity index (χ2v) is 6.63. The van der Waals surface area contributed by atoms with Crippen LogP contribution in [0.2, 0.25) is 0 Å². The minimum Gasteiger partial charge on any atom is -0.439 e. The Balaban J connectivity index is 1.82. The van der Waals surface area contributed by atoms with Crippen LogP contribution in [-0.4, -0.2) is 39.8 Å². The molecule has 1 N–H and O–H groups in total. The highest BCUT2D eigenvalue weighted by Crippen LogP contribution is 2.30. The number of rotatable bonds is 5. The first-order valence-corrected chi connectivity index (χ1v) is 9.15. The number of carbonyl (C=O) groups is 2. The summed E-state index contributed by atoms with van der Waals surface area (Å²) in [6.45, 7) is 3.91. The van der Waals surface area contributed by atoms with Gasteiger partial charge in [-0.05, 0) is 38.3 Å². The van der Waals surface area contributed by atoms with Crippen LogP contribution in [-0.2, 0) is 9.59 Å². The van der Waals surface area contributed by atoms with Crippen LogP contribution in [0.1, 0.15) is 43.7 Å². The molecule has 1 saturated heterocycles. The zero-order valence-corrected chi connectivity index (χ0v) is 15.6. The molecule has 1 aromatic carbocycles. The molecule has 7 nitrogen and oxygen atoms in total. The molecule has 1 fully saturated rings. The maximum Gasteiger partial charge on any atom is 0.242 e. The predicted molar refractivity (Wildman–Crippen MR) is 100 cm³/mol. The molecule has 1 aliphatic rings. The van der Waals surface area contributed by atoms with E-state index in [0.717, 1.165) is 25.0 Å². The first-order valence-electron chi connectivity index (χ1n) is 9.15. The first-order chi connectivity index (χ1) is 13.0. The van der Waals surface area contributed by atoms with Gasteiger partial charge in [-0.1, -0.05) is 18.2 Å². The number of aromatic nitrogens is 2. The normalized spacial score (nSPS) is 16.7. The molecule has 2 heterocycles. The lowest BCUT2D eigenvalue weighted by Gasteiger charge is -2.35. The fraction of sp³-hybridized carbons (Fsp3) is 0.400. The summed E-state index contributed by atoms with van der Waals surface area (Å²) in [5.74, 6) is 1.40. The fourth-order valence-electron chi connectivity index (χ4n) is 3.17. The molecule has 1 atom stereocenters. The van der Waals surface area contributed by atoms with Crippen molar-refractivity contribution in [3.8, 4) is 11.6 Å². The third-order valence-corrected chi connectivity index (χ3v) is 4.42. The van der Waals surface area contributed by atoms with Crippen LogP contribution in [0.5, 0.6) is 11.6 Å². The molecule has 1 aliphatic heterocycles. The highest BCUT2D eigenvalue weighted by atomic mass is 16.5. The number of para-hydroxylation sites is 1. The molecule has 2 aromatic rings. The van der Waals surface area contributed by atoms with Crippen molar-refractivity contribution in [2.75, 3.05) is 13.1 Å². The molecule has 2 amide bonds. The number of aryl methyl sites for hydroxylation is 1. The van der Waals surface area contributed by atoms with E-state index in [-0.39, 0.29) is 24.4 Å². The molecule has 7 heteroatoms. The van der Waals surface area contributed by atoms with Crippen molar-refractivity contribution < 1.29 is 14.3 Å². The zero-order chi connectivity index (χ0) is 19.2. The summed E-state index contributed by atoms with van der Waals surface area (Å²) in [6.07, 6.45) is 2.72. The van der Waals surface area contributed by atoms with Gasteiger partial charge in [-0.3, -0.25) is 9.59 Å². The average molecular weight is 368 g/mol. The van der Waals surface area contributed by atoms with Crippen molar-refractivity contribution in [1.82, 2.24) is 20.2 Å². The van der Waals surface area contributed by atoms with Gasteiger partial charge in [-0.25, -0.2) is 4.98 Å². The number of hydrogen-bond donors (Lipinski definition) is 1. The third-order valence-electron chi connectivity index (χ3n) is 4.42. The number of ether oxygens (including phenoxy) is 1. The molecule has 3 rings (SSSR count). The summed E-state index contributed by atoms with van der Waals surface area (Å²) < 4.78 is 5.85. The van der Waals surface area contributed by atoms with Crippen LogP contribution in [0.25, 0.3) is 0 Å². The SMILES string of the molecule is CC(=O)NCC(=O)N1CCCCC1c1nc(C)cc(Oc2ccccc2)n1. The maximum atomic E-state index is 12.6. The van der Waals surface area contributed by atoms with Gasteiger partial charge in [0.05, 0.1) is 12.6 Å². The lowest BCUT2D eigenvalue weighted by molar-refractivity contribution is -0.136. The summed E-state index contributed by atoms with van der Waals surface area (Å²) in [6, 6.07) is 11.0. The van der Waals surface area contributed by atoms with E-state index in [0.29, 0.717) is 24.0 Å². The molecule has 142 valence electrons. The summed E-state index contributed by atoms with van der Waals surface area (Å²) in [5.41, 5.74) is 0.783. The quantitative estimate of drug-likeness (QED) is 0.877. The largest absolute Gasteiger partial charge is 0.439 e. The van der Waals surface area contributed by atoms with Gasteiger partial charge in [-0.2, -0.15) is 4.98 Å². The first kappa shape index (κ1) is 18.8. The molecule has 0 saturated carbocycles. The van der Waals surface area contributed by atoms with Gasteiger partial charge >= 0.3 is 0 Å². The molecule has 0 spiro atoms.